The Labute approximate surface area is 134 Å². The smallest absolute Gasteiger partial charge is 0.281 e. The molecule has 0 aliphatic rings. The zero-order chi connectivity index (χ0) is 15.0. The number of nitrogens with zero attached hydrogens (tertiary/aromatic N) is 4. The Kier molecular flexibility index (Phi) is 3.97. The van der Waals surface area contributed by atoms with E-state index in [2.05, 4.69) is 15.0 Å². The van der Waals surface area contributed by atoms with E-state index in [1.165, 1.54) is 23.1 Å². The largest absolute Gasteiger partial charge is 0.290 e. The number of thiazole rings is 1. The van der Waals surface area contributed by atoms with Gasteiger partial charge in [-0.3, -0.25) is 14.3 Å². The lowest BCUT2D eigenvalue weighted by Gasteiger charge is -2.09. The van der Waals surface area contributed by atoms with Gasteiger partial charge < -0.3 is 0 Å². The molecular formula is C13H11ClN4OS2. The highest BCUT2D eigenvalue weighted by molar-refractivity contribution is 8.00. The standard InChI is InChI=1S/C13H11ClN4OS2/c1-3-18-10(8-6-7(14)4-5-15-8)17-11-9(12(18)19)16-13(20-2)21-11/h4-6H,3H2,1-2H3. The molecule has 0 unspecified atom stereocenters. The molecule has 0 aromatic carbocycles. The number of hydrogen-bond donors (Lipinski definition) is 0. The first-order chi connectivity index (χ1) is 10.1. The Hall–Kier alpha value is -1.44. The predicted molar refractivity (Wildman–Crippen MR) is 87.4 cm³/mol. The molecule has 21 heavy (non-hydrogen) atoms. The minimum atomic E-state index is -0.143. The van der Waals surface area contributed by atoms with Crippen LogP contribution in [0.15, 0.2) is 27.5 Å². The predicted octanol–water partition coefficient (Wildman–Crippen LogP) is 3.31. The van der Waals surface area contributed by atoms with E-state index in [1.807, 2.05) is 13.2 Å². The van der Waals surface area contributed by atoms with E-state index >= 15 is 0 Å². The van der Waals surface area contributed by atoms with Crippen molar-refractivity contribution < 1.29 is 0 Å². The first-order valence-electron chi connectivity index (χ1n) is 6.21. The van der Waals surface area contributed by atoms with Crippen LogP contribution in [-0.4, -0.2) is 25.8 Å². The van der Waals surface area contributed by atoms with E-state index in [9.17, 15) is 4.79 Å². The molecule has 0 aliphatic heterocycles. The van der Waals surface area contributed by atoms with Crippen LogP contribution in [0.5, 0.6) is 0 Å². The first kappa shape index (κ1) is 14.5. The summed E-state index contributed by atoms with van der Waals surface area (Å²) in [7, 11) is 0. The molecule has 5 nitrogen and oxygen atoms in total. The summed E-state index contributed by atoms with van der Waals surface area (Å²) >= 11 is 8.92. The first-order valence-corrected chi connectivity index (χ1v) is 8.63. The summed E-state index contributed by atoms with van der Waals surface area (Å²) in [6, 6.07) is 3.40. The second-order valence-corrected chi connectivity index (χ2v) is 6.65. The Balaban J connectivity index is 2.34. The summed E-state index contributed by atoms with van der Waals surface area (Å²) < 4.78 is 2.40. The van der Waals surface area contributed by atoms with Gasteiger partial charge in [0.15, 0.2) is 20.5 Å². The summed E-state index contributed by atoms with van der Waals surface area (Å²) in [4.78, 5) is 26.4. The Morgan fingerprint density at radius 3 is 2.90 bits per heavy atom. The topological polar surface area (TPSA) is 60.7 Å². The SMILES string of the molecule is CCn1c(-c2cc(Cl)ccn2)nc2sc(SC)nc2c1=O. The van der Waals surface area contributed by atoms with Gasteiger partial charge in [-0.2, -0.15) is 0 Å². The number of halogens is 1. The zero-order valence-corrected chi connectivity index (χ0v) is 13.7. The van der Waals surface area contributed by atoms with E-state index in [0.717, 1.165) is 4.34 Å². The number of rotatable bonds is 3. The third-order valence-electron chi connectivity index (χ3n) is 2.94. The van der Waals surface area contributed by atoms with E-state index in [1.54, 1.807) is 22.9 Å². The van der Waals surface area contributed by atoms with E-state index < -0.39 is 0 Å². The molecule has 0 bridgehead atoms. The van der Waals surface area contributed by atoms with Crippen molar-refractivity contribution in [3.05, 3.63) is 33.7 Å². The molecule has 0 N–H and O–H groups in total. The number of hydrogen-bond acceptors (Lipinski definition) is 6. The molecule has 0 radical (unpaired) electrons. The van der Waals surface area contributed by atoms with Crippen molar-refractivity contribution in [3.8, 4) is 11.5 Å². The molecule has 8 heteroatoms. The lowest BCUT2D eigenvalue weighted by atomic mass is 10.3. The molecule has 0 fully saturated rings. The van der Waals surface area contributed by atoms with Crippen LogP contribution in [0.1, 0.15) is 6.92 Å². The van der Waals surface area contributed by atoms with E-state index in [0.29, 0.717) is 33.4 Å². The molecule has 3 heterocycles. The molecule has 0 saturated carbocycles. The normalized spacial score (nSPS) is 11.2. The summed E-state index contributed by atoms with van der Waals surface area (Å²) in [5.74, 6) is 0.522. The van der Waals surface area contributed by atoms with Crippen LogP contribution >= 0.6 is 34.7 Å². The van der Waals surface area contributed by atoms with E-state index in [4.69, 9.17) is 11.6 Å². The Morgan fingerprint density at radius 2 is 2.24 bits per heavy atom. The van der Waals surface area contributed by atoms with Crippen LogP contribution in [0.3, 0.4) is 0 Å². The van der Waals surface area contributed by atoms with Crippen LogP contribution in [-0.2, 0) is 6.54 Å². The fourth-order valence-electron chi connectivity index (χ4n) is 1.99. The van der Waals surface area contributed by atoms with Crippen LogP contribution < -0.4 is 5.56 Å². The molecule has 3 aromatic heterocycles. The maximum Gasteiger partial charge on any atom is 0.281 e. The minimum Gasteiger partial charge on any atom is -0.290 e. The molecule has 0 spiro atoms. The average Bonchev–Trinajstić information content (AvgIpc) is 2.90. The minimum absolute atomic E-state index is 0.143. The zero-order valence-electron chi connectivity index (χ0n) is 11.3. The molecule has 108 valence electrons. The van der Waals surface area contributed by atoms with Crippen LogP contribution in [0.25, 0.3) is 21.9 Å². The third-order valence-corrected chi connectivity index (χ3v) is 5.11. The highest BCUT2D eigenvalue weighted by atomic mass is 35.5. The average molecular weight is 339 g/mol. The number of pyridine rings is 1. The highest BCUT2D eigenvalue weighted by Gasteiger charge is 2.16. The van der Waals surface area contributed by atoms with Gasteiger partial charge >= 0.3 is 0 Å². The molecule has 0 amide bonds. The molecule has 0 atom stereocenters. The summed E-state index contributed by atoms with van der Waals surface area (Å²) in [5, 5.41) is 0.561. The van der Waals surface area contributed by atoms with Crippen molar-refractivity contribution in [3.63, 3.8) is 0 Å². The van der Waals surface area contributed by atoms with Gasteiger partial charge in [0.2, 0.25) is 0 Å². The van der Waals surface area contributed by atoms with Gasteiger partial charge in [-0.05, 0) is 25.3 Å². The van der Waals surface area contributed by atoms with Crippen molar-refractivity contribution >= 4 is 45.0 Å². The quantitative estimate of drug-likeness (QED) is 0.686. The fraction of sp³-hybridized carbons (Fsp3) is 0.231. The Bertz CT molecular complexity index is 874. The summed E-state index contributed by atoms with van der Waals surface area (Å²) in [6.07, 6.45) is 3.53. The van der Waals surface area contributed by atoms with Gasteiger partial charge in [-0.25, -0.2) is 9.97 Å². The second kappa shape index (κ2) is 5.75. The van der Waals surface area contributed by atoms with E-state index in [-0.39, 0.29) is 5.56 Å². The fourth-order valence-corrected chi connectivity index (χ4v) is 3.57. The summed E-state index contributed by atoms with van der Waals surface area (Å²) in [5.41, 5.74) is 0.857. The third kappa shape index (κ3) is 2.56. The molecule has 0 aliphatic carbocycles. The second-order valence-electron chi connectivity index (χ2n) is 4.18. The molecule has 3 rings (SSSR count). The summed E-state index contributed by atoms with van der Waals surface area (Å²) in [6.45, 7) is 2.39. The number of thioether (sulfide) groups is 1. The number of fused-ring (bicyclic) bond motifs is 1. The maximum absolute atomic E-state index is 12.6. The van der Waals surface area contributed by atoms with Crippen molar-refractivity contribution in [1.29, 1.82) is 0 Å². The lowest BCUT2D eigenvalue weighted by molar-refractivity contribution is 0.724. The maximum atomic E-state index is 12.6. The van der Waals surface area contributed by atoms with Gasteiger partial charge in [-0.15, -0.1) is 0 Å². The van der Waals surface area contributed by atoms with Crippen LogP contribution in [0, 0.1) is 0 Å². The van der Waals surface area contributed by atoms with Crippen molar-refractivity contribution in [1.82, 2.24) is 19.5 Å². The van der Waals surface area contributed by atoms with Crippen molar-refractivity contribution in [2.24, 2.45) is 0 Å². The van der Waals surface area contributed by atoms with Gasteiger partial charge in [0.1, 0.15) is 5.69 Å². The van der Waals surface area contributed by atoms with Crippen LogP contribution in [0.2, 0.25) is 5.02 Å². The van der Waals surface area contributed by atoms with Crippen molar-refractivity contribution in [2.75, 3.05) is 6.26 Å². The van der Waals surface area contributed by atoms with Gasteiger partial charge in [0.25, 0.3) is 5.56 Å². The molecule has 0 saturated heterocycles. The lowest BCUT2D eigenvalue weighted by Crippen LogP contribution is -2.22. The number of aromatic nitrogens is 4. The van der Waals surface area contributed by atoms with Gasteiger partial charge in [0, 0.05) is 17.8 Å². The van der Waals surface area contributed by atoms with Gasteiger partial charge in [-0.1, -0.05) is 34.7 Å². The monoisotopic (exact) mass is 338 g/mol. The Morgan fingerprint density at radius 1 is 1.43 bits per heavy atom. The van der Waals surface area contributed by atoms with Crippen LogP contribution in [0.4, 0.5) is 0 Å². The highest BCUT2D eigenvalue weighted by Crippen LogP contribution is 2.27. The molecule has 3 aromatic rings. The van der Waals surface area contributed by atoms with Gasteiger partial charge in [0.05, 0.1) is 0 Å². The van der Waals surface area contributed by atoms with Crippen molar-refractivity contribution in [2.45, 2.75) is 17.8 Å². The molecular weight excluding hydrogens is 328 g/mol.